The Balaban J connectivity index is 1.10. The minimum Gasteiger partial charge on any atom is -0.310 e. The molecular formula is C106H107BN4. The summed E-state index contributed by atoms with van der Waals surface area (Å²) in [6.45, 7) is 50.0. The topological polar surface area (TPSA) is 16.3 Å². The molecule has 13 aromatic carbocycles. The third-order valence-electron chi connectivity index (χ3n) is 24.1. The molecule has 111 heavy (non-hydrogen) atoms. The van der Waals surface area contributed by atoms with E-state index in [1.807, 2.05) is 0 Å². The van der Waals surface area contributed by atoms with Crippen molar-refractivity contribution in [2.24, 2.45) is 0 Å². The lowest BCUT2D eigenvalue weighted by Gasteiger charge is -2.47. The lowest BCUT2D eigenvalue weighted by molar-refractivity contribution is 0.568. The third kappa shape index (κ3) is 12.5. The van der Waals surface area contributed by atoms with E-state index in [4.69, 9.17) is 0 Å². The SMILES string of the molecule is CC(C)(C)c1cc(-c2cc(C(C)(C)C)cc(-c3ccccc3)c2N2c3cc(-n4c5ccccc5c5ccccc54)ccc3B3c4ccc(-n5c6ccccc6c6ccccc65)cc4N(c4c(-c5ccccc5)cc(C(C)(C)C)cc4-c4cc(C(C)(C)C)cc(C(C)(C)C)c4)c4cc(C(C)(C)C)cc2c43)cc(C(C)(C)C)c1. The number of rotatable bonds is 8. The van der Waals surface area contributed by atoms with E-state index < -0.39 is 0 Å². The van der Waals surface area contributed by atoms with Crippen LogP contribution in [0.4, 0.5) is 34.1 Å². The largest absolute Gasteiger partial charge is 0.310 e. The maximum absolute atomic E-state index is 2.79. The normalized spacial score (nSPS) is 13.6. The lowest BCUT2D eigenvalue weighted by atomic mass is 9.33. The molecule has 0 unspecified atom stereocenters. The van der Waals surface area contributed by atoms with Crippen molar-refractivity contribution in [1.29, 1.82) is 0 Å². The van der Waals surface area contributed by atoms with E-state index in [0.29, 0.717) is 0 Å². The molecule has 0 bridgehead atoms. The Kier molecular flexibility index (Phi) is 17.0. The van der Waals surface area contributed by atoms with Gasteiger partial charge in [-0.3, -0.25) is 0 Å². The molecule has 0 radical (unpaired) electrons. The van der Waals surface area contributed by atoms with Crippen LogP contribution in [-0.4, -0.2) is 15.8 Å². The number of aromatic nitrogens is 2. The minimum absolute atomic E-state index is 0.161. The number of para-hydroxylation sites is 4. The smallest absolute Gasteiger partial charge is 0.252 e. The van der Waals surface area contributed by atoms with Gasteiger partial charge in [-0.15, -0.1) is 0 Å². The van der Waals surface area contributed by atoms with E-state index in [-0.39, 0.29) is 44.6 Å². The fraction of sp³-hybridized carbons (Fsp3) is 0.264. The molecule has 0 saturated heterocycles. The van der Waals surface area contributed by atoms with Gasteiger partial charge < -0.3 is 18.9 Å². The van der Waals surface area contributed by atoms with E-state index in [0.717, 1.165) is 34.1 Å². The van der Waals surface area contributed by atoms with Gasteiger partial charge >= 0.3 is 0 Å². The summed E-state index contributed by atoms with van der Waals surface area (Å²) in [5.41, 5.74) is 34.7. The van der Waals surface area contributed by atoms with Crippen molar-refractivity contribution in [1.82, 2.24) is 9.13 Å². The number of nitrogens with zero attached hydrogens (tertiary/aromatic N) is 4. The molecule has 0 aliphatic carbocycles. The molecule has 0 spiro atoms. The highest BCUT2D eigenvalue weighted by Crippen LogP contribution is 2.57. The maximum atomic E-state index is 2.79. The van der Waals surface area contributed by atoms with Crippen molar-refractivity contribution in [2.75, 3.05) is 9.80 Å². The summed E-state index contributed by atoms with van der Waals surface area (Å²) in [5.74, 6) is 0. The highest BCUT2D eigenvalue weighted by atomic mass is 15.2. The van der Waals surface area contributed by atoms with Crippen LogP contribution < -0.4 is 26.2 Å². The van der Waals surface area contributed by atoms with Gasteiger partial charge in [0.25, 0.3) is 6.71 Å². The summed E-state index contributed by atoms with van der Waals surface area (Å²) in [4.78, 5) is 5.59. The molecule has 4 nitrogen and oxygen atoms in total. The molecule has 0 amide bonds. The zero-order chi connectivity index (χ0) is 78.1. The van der Waals surface area contributed by atoms with E-state index in [2.05, 4.69) is 431 Å². The molecule has 4 heterocycles. The zero-order valence-corrected chi connectivity index (χ0v) is 69.3. The minimum atomic E-state index is -0.359. The van der Waals surface area contributed by atoms with E-state index in [1.165, 1.54) is 155 Å². The third-order valence-corrected chi connectivity index (χ3v) is 24.1. The number of anilines is 6. The number of fused-ring (bicyclic) bond motifs is 10. The quantitative estimate of drug-likeness (QED) is 0.141. The first-order chi connectivity index (χ1) is 52.5. The number of hydrogen-bond donors (Lipinski definition) is 0. The highest BCUT2D eigenvalue weighted by Gasteiger charge is 2.47. The Hall–Kier alpha value is -10.9. The van der Waals surface area contributed by atoms with Gasteiger partial charge in [0.15, 0.2) is 0 Å². The van der Waals surface area contributed by atoms with Crippen LogP contribution in [0.1, 0.15) is 184 Å². The molecule has 2 aliphatic heterocycles. The predicted octanol–water partition coefficient (Wildman–Crippen LogP) is 27.7. The van der Waals surface area contributed by atoms with Gasteiger partial charge in [0.2, 0.25) is 0 Å². The van der Waals surface area contributed by atoms with Crippen molar-refractivity contribution in [3.63, 3.8) is 0 Å². The average Bonchev–Trinajstić information content (AvgIpc) is 0.813. The van der Waals surface area contributed by atoms with Crippen molar-refractivity contribution >= 4 is 101 Å². The molecule has 554 valence electrons. The van der Waals surface area contributed by atoms with Crippen LogP contribution in [0.2, 0.25) is 0 Å². The zero-order valence-electron chi connectivity index (χ0n) is 69.3. The van der Waals surface area contributed by atoms with Gasteiger partial charge in [0.1, 0.15) is 0 Å². The van der Waals surface area contributed by atoms with Crippen LogP contribution in [0.3, 0.4) is 0 Å². The molecule has 15 aromatic rings. The van der Waals surface area contributed by atoms with Gasteiger partial charge in [0.05, 0.1) is 33.4 Å². The Bertz CT molecular complexity index is 5700. The van der Waals surface area contributed by atoms with Crippen LogP contribution in [0.25, 0.3) is 99.5 Å². The van der Waals surface area contributed by atoms with E-state index in [1.54, 1.807) is 0 Å². The van der Waals surface area contributed by atoms with E-state index >= 15 is 0 Å². The van der Waals surface area contributed by atoms with Crippen molar-refractivity contribution in [3.8, 4) is 55.9 Å². The number of benzene rings is 13. The van der Waals surface area contributed by atoms with Gasteiger partial charge in [-0.2, -0.15) is 0 Å². The van der Waals surface area contributed by atoms with Crippen LogP contribution in [0.5, 0.6) is 0 Å². The molecule has 2 aromatic heterocycles. The van der Waals surface area contributed by atoms with Gasteiger partial charge in [0, 0.05) is 77.9 Å². The molecule has 17 rings (SSSR count). The predicted molar refractivity (Wildman–Crippen MR) is 482 cm³/mol. The molecule has 0 atom stereocenters. The van der Waals surface area contributed by atoms with Crippen molar-refractivity contribution in [3.05, 3.63) is 306 Å². The van der Waals surface area contributed by atoms with Crippen molar-refractivity contribution in [2.45, 2.75) is 183 Å². The van der Waals surface area contributed by atoms with Gasteiger partial charge in [-0.1, -0.05) is 327 Å². The second kappa shape index (κ2) is 25.9. The Labute approximate surface area is 660 Å². The Morgan fingerprint density at radius 2 is 0.468 bits per heavy atom. The van der Waals surface area contributed by atoms with Crippen LogP contribution in [-0.2, 0) is 37.9 Å². The Morgan fingerprint density at radius 3 is 0.757 bits per heavy atom. The number of hydrogen-bond acceptors (Lipinski definition) is 2. The van der Waals surface area contributed by atoms with E-state index in [9.17, 15) is 0 Å². The summed E-state index contributed by atoms with van der Waals surface area (Å²) in [5, 5.41) is 4.93. The fourth-order valence-corrected chi connectivity index (χ4v) is 17.6. The van der Waals surface area contributed by atoms with Crippen LogP contribution in [0, 0.1) is 0 Å². The average molecular weight is 1450 g/mol. The molecule has 0 fully saturated rings. The van der Waals surface area contributed by atoms with Gasteiger partial charge in [-0.25, -0.2) is 0 Å². The van der Waals surface area contributed by atoms with Crippen LogP contribution in [0.15, 0.2) is 267 Å². The monoisotopic (exact) mass is 1450 g/mol. The molecule has 5 heteroatoms. The molecule has 2 aliphatic rings. The second-order valence-electron chi connectivity index (χ2n) is 39.2. The summed E-state index contributed by atoms with van der Waals surface area (Å²) in [7, 11) is 0. The summed E-state index contributed by atoms with van der Waals surface area (Å²) in [6.07, 6.45) is 0. The first kappa shape index (κ1) is 73.0. The molecule has 0 saturated carbocycles. The van der Waals surface area contributed by atoms with Crippen LogP contribution >= 0.6 is 0 Å². The highest BCUT2D eigenvalue weighted by molar-refractivity contribution is 7.00. The molecule has 0 N–H and O–H groups in total. The van der Waals surface area contributed by atoms with Gasteiger partial charge in [-0.05, 0) is 200 Å². The maximum Gasteiger partial charge on any atom is 0.252 e. The lowest BCUT2D eigenvalue weighted by Crippen LogP contribution is -2.61. The first-order valence-corrected chi connectivity index (χ1v) is 40.3. The second-order valence-corrected chi connectivity index (χ2v) is 39.2. The van der Waals surface area contributed by atoms with Crippen molar-refractivity contribution < 1.29 is 0 Å². The fourth-order valence-electron chi connectivity index (χ4n) is 17.6. The Morgan fingerprint density at radius 1 is 0.216 bits per heavy atom. The summed E-state index contributed by atoms with van der Waals surface area (Å²) in [6, 6.07) is 105. The first-order valence-electron chi connectivity index (χ1n) is 40.3. The molecular weight excluding hydrogens is 1340 g/mol. The summed E-state index contributed by atoms with van der Waals surface area (Å²) < 4.78 is 5.06. The summed E-state index contributed by atoms with van der Waals surface area (Å²) >= 11 is 0. The standard InChI is InChI=1S/C106H107BN4/c1-100(2,3)70-52-68(53-71(56-70)101(4,5)6)85-60-74(104(13,14)15)58-83(66-36-24-22-25-37-66)98(85)110-93-64-77(108-89-44-32-28-40-79(89)80-41-29-33-45-90(80)108)48-50-87(93)107-88-51-49-78(109-91-46-34-30-42-81(91)82-43-31-35-47-92(82)109)65-94(88)111(96-63-76(106(19,20)21)62-95(110)97(96)107)99-84(67-38-26-23-27-39-67)59-75(105(16,17)18)61-86(99)69-54-72(102(7,8)9)57-73(55-69)103(10,11)12/h22-65H,1-21H3.